The highest BCUT2D eigenvalue weighted by molar-refractivity contribution is 5.75. The molecule has 2 heterocycles. The van der Waals surface area contributed by atoms with E-state index >= 15 is 0 Å². The predicted octanol–water partition coefficient (Wildman–Crippen LogP) is 4.43. The number of carbonyl (C=O) groups is 1. The van der Waals surface area contributed by atoms with Gasteiger partial charge in [-0.2, -0.15) is 0 Å². The highest BCUT2D eigenvalue weighted by Gasteiger charge is 2.33. The van der Waals surface area contributed by atoms with Crippen molar-refractivity contribution in [2.24, 2.45) is 0 Å². The van der Waals surface area contributed by atoms with Crippen molar-refractivity contribution in [2.75, 3.05) is 6.54 Å². The monoisotopic (exact) mass is 392 g/mol. The lowest BCUT2D eigenvalue weighted by Gasteiger charge is -2.25. The summed E-state index contributed by atoms with van der Waals surface area (Å²) >= 11 is 0. The van der Waals surface area contributed by atoms with E-state index in [4.69, 9.17) is 0 Å². The summed E-state index contributed by atoms with van der Waals surface area (Å²) < 4.78 is 15.4. The van der Waals surface area contributed by atoms with Gasteiger partial charge in [0, 0.05) is 31.5 Å². The van der Waals surface area contributed by atoms with Crippen LogP contribution in [0.25, 0.3) is 0 Å². The maximum absolute atomic E-state index is 13.2. The molecule has 1 aliphatic heterocycles. The van der Waals surface area contributed by atoms with Crippen LogP contribution in [0.2, 0.25) is 0 Å². The largest absolute Gasteiger partial charge is 0.334 e. The second-order valence-electron chi connectivity index (χ2n) is 7.47. The second kappa shape index (κ2) is 8.47. The van der Waals surface area contributed by atoms with Gasteiger partial charge in [0.1, 0.15) is 11.6 Å². The van der Waals surface area contributed by atoms with Crippen molar-refractivity contribution < 1.29 is 9.18 Å². The lowest BCUT2D eigenvalue weighted by molar-refractivity contribution is 0.189. The zero-order valence-corrected chi connectivity index (χ0v) is 16.5. The molecule has 2 aromatic carbocycles. The molecule has 1 aliphatic rings. The van der Waals surface area contributed by atoms with E-state index in [-0.39, 0.29) is 17.9 Å². The van der Waals surface area contributed by atoms with Crippen LogP contribution in [0.5, 0.6) is 0 Å². The van der Waals surface area contributed by atoms with Crippen LogP contribution in [0.15, 0.2) is 60.8 Å². The molecule has 150 valence electrons. The normalized spacial score (nSPS) is 16.2. The first-order valence-corrected chi connectivity index (χ1v) is 9.96. The Balaban J connectivity index is 1.50. The SMILES string of the molecule is Cc1cnc([C@@H]2CCCN2C(=O)NCc2ccccc2)n1Cc1ccc(F)cc1. The van der Waals surface area contributed by atoms with Gasteiger partial charge in [0.05, 0.1) is 6.04 Å². The molecular weight excluding hydrogens is 367 g/mol. The Bertz CT molecular complexity index is 968. The number of rotatable bonds is 5. The van der Waals surface area contributed by atoms with Gasteiger partial charge in [-0.25, -0.2) is 14.2 Å². The summed E-state index contributed by atoms with van der Waals surface area (Å²) in [6, 6.07) is 16.3. The Hall–Kier alpha value is -3.15. The van der Waals surface area contributed by atoms with E-state index in [1.54, 1.807) is 12.1 Å². The van der Waals surface area contributed by atoms with E-state index in [1.807, 2.05) is 48.4 Å². The minimum atomic E-state index is -0.242. The van der Waals surface area contributed by atoms with Crippen molar-refractivity contribution in [3.63, 3.8) is 0 Å². The second-order valence-corrected chi connectivity index (χ2v) is 7.47. The number of aromatic nitrogens is 2. The van der Waals surface area contributed by atoms with Crippen molar-refractivity contribution in [1.29, 1.82) is 0 Å². The van der Waals surface area contributed by atoms with Crippen molar-refractivity contribution >= 4 is 6.03 Å². The Kier molecular flexibility index (Phi) is 5.60. The summed E-state index contributed by atoms with van der Waals surface area (Å²) in [5, 5.41) is 3.03. The molecule has 0 aliphatic carbocycles. The van der Waals surface area contributed by atoms with E-state index in [9.17, 15) is 9.18 Å². The lowest BCUT2D eigenvalue weighted by atomic mass is 10.2. The fraction of sp³-hybridized carbons (Fsp3) is 0.304. The highest BCUT2D eigenvalue weighted by atomic mass is 19.1. The Labute approximate surface area is 170 Å². The number of halogens is 1. The van der Waals surface area contributed by atoms with Crippen LogP contribution >= 0.6 is 0 Å². The van der Waals surface area contributed by atoms with E-state index in [1.165, 1.54) is 12.1 Å². The lowest BCUT2D eigenvalue weighted by Crippen LogP contribution is -2.39. The molecule has 29 heavy (non-hydrogen) atoms. The van der Waals surface area contributed by atoms with Crippen molar-refractivity contribution in [2.45, 2.75) is 38.9 Å². The van der Waals surface area contributed by atoms with Crippen LogP contribution in [0, 0.1) is 12.7 Å². The average Bonchev–Trinajstić information content (AvgIpc) is 3.36. The minimum absolute atomic E-state index is 0.0556. The van der Waals surface area contributed by atoms with Gasteiger partial charge in [0.25, 0.3) is 0 Å². The number of urea groups is 1. The van der Waals surface area contributed by atoms with Gasteiger partial charge in [-0.05, 0) is 43.0 Å². The maximum atomic E-state index is 13.2. The summed E-state index contributed by atoms with van der Waals surface area (Å²) in [7, 11) is 0. The van der Waals surface area contributed by atoms with Gasteiger partial charge >= 0.3 is 6.03 Å². The highest BCUT2D eigenvalue weighted by Crippen LogP contribution is 2.32. The van der Waals surface area contributed by atoms with Gasteiger partial charge in [-0.1, -0.05) is 42.5 Å². The Morgan fingerprint density at radius 2 is 1.90 bits per heavy atom. The fourth-order valence-corrected chi connectivity index (χ4v) is 3.88. The number of nitrogens with one attached hydrogen (secondary N) is 1. The van der Waals surface area contributed by atoms with Crippen LogP contribution in [0.4, 0.5) is 9.18 Å². The molecule has 6 heteroatoms. The fourth-order valence-electron chi connectivity index (χ4n) is 3.88. The zero-order chi connectivity index (χ0) is 20.2. The quantitative estimate of drug-likeness (QED) is 0.699. The van der Waals surface area contributed by atoms with Gasteiger partial charge in [0.2, 0.25) is 0 Å². The molecule has 2 amide bonds. The Morgan fingerprint density at radius 1 is 1.14 bits per heavy atom. The van der Waals surface area contributed by atoms with Gasteiger partial charge in [0.15, 0.2) is 0 Å². The topological polar surface area (TPSA) is 50.2 Å². The molecule has 0 spiro atoms. The number of hydrogen-bond acceptors (Lipinski definition) is 2. The van der Waals surface area contributed by atoms with Crippen LogP contribution in [-0.4, -0.2) is 27.0 Å². The average molecular weight is 392 g/mol. The number of amides is 2. The summed E-state index contributed by atoms with van der Waals surface area (Å²) in [6.45, 7) is 3.84. The number of imidazole rings is 1. The third kappa shape index (κ3) is 4.31. The molecule has 1 fully saturated rings. The van der Waals surface area contributed by atoms with E-state index < -0.39 is 0 Å². The summed E-state index contributed by atoms with van der Waals surface area (Å²) in [5.74, 6) is 0.646. The molecule has 1 saturated heterocycles. The maximum Gasteiger partial charge on any atom is 0.318 e. The molecule has 5 nitrogen and oxygen atoms in total. The molecule has 1 N–H and O–H groups in total. The summed E-state index contributed by atoms with van der Waals surface area (Å²) in [4.78, 5) is 19.4. The standard InChI is InChI=1S/C23H25FN4O/c1-17-14-25-22(28(17)16-19-9-11-20(24)12-10-19)21-8-5-13-27(21)23(29)26-15-18-6-3-2-4-7-18/h2-4,6-7,9-12,14,21H,5,8,13,15-16H2,1H3,(H,26,29)/t21-/m0/s1. The van der Waals surface area contributed by atoms with E-state index in [0.717, 1.165) is 35.5 Å². The van der Waals surface area contributed by atoms with Gasteiger partial charge in [-0.3, -0.25) is 0 Å². The van der Waals surface area contributed by atoms with Gasteiger partial charge < -0.3 is 14.8 Å². The molecule has 0 bridgehead atoms. The first-order valence-electron chi connectivity index (χ1n) is 9.96. The third-order valence-electron chi connectivity index (χ3n) is 5.44. The van der Waals surface area contributed by atoms with Crippen molar-refractivity contribution in [3.8, 4) is 0 Å². The van der Waals surface area contributed by atoms with Crippen LogP contribution in [0.1, 0.15) is 41.5 Å². The third-order valence-corrected chi connectivity index (χ3v) is 5.44. The first kappa shape index (κ1) is 19.2. The number of aryl methyl sites for hydroxylation is 1. The van der Waals surface area contributed by atoms with Crippen LogP contribution in [0.3, 0.4) is 0 Å². The molecule has 1 atom stereocenters. The predicted molar refractivity (Wildman–Crippen MR) is 110 cm³/mol. The number of benzene rings is 2. The molecule has 0 unspecified atom stereocenters. The molecule has 0 saturated carbocycles. The van der Waals surface area contributed by atoms with Crippen molar-refractivity contribution in [1.82, 2.24) is 19.8 Å². The Morgan fingerprint density at radius 3 is 2.66 bits per heavy atom. The summed E-state index contributed by atoms with van der Waals surface area (Å²) in [6.07, 6.45) is 3.68. The molecular formula is C23H25FN4O. The minimum Gasteiger partial charge on any atom is -0.334 e. The molecule has 3 aromatic rings. The number of hydrogen-bond donors (Lipinski definition) is 1. The first-order chi connectivity index (χ1) is 14.1. The van der Waals surface area contributed by atoms with Gasteiger partial charge in [-0.15, -0.1) is 0 Å². The molecule has 0 radical (unpaired) electrons. The van der Waals surface area contributed by atoms with E-state index in [2.05, 4.69) is 14.9 Å². The summed E-state index contributed by atoms with van der Waals surface area (Å²) in [5.41, 5.74) is 3.11. The van der Waals surface area contributed by atoms with Crippen LogP contribution < -0.4 is 5.32 Å². The van der Waals surface area contributed by atoms with E-state index in [0.29, 0.717) is 19.6 Å². The molecule has 4 rings (SSSR count). The van der Waals surface area contributed by atoms with Crippen LogP contribution in [-0.2, 0) is 13.1 Å². The smallest absolute Gasteiger partial charge is 0.318 e. The number of likely N-dealkylation sites (tertiary alicyclic amines) is 1. The number of nitrogens with zero attached hydrogens (tertiary/aromatic N) is 3. The molecule has 1 aromatic heterocycles. The van der Waals surface area contributed by atoms with Crippen molar-refractivity contribution in [3.05, 3.63) is 89.3 Å². The zero-order valence-electron chi connectivity index (χ0n) is 16.5. The number of carbonyl (C=O) groups excluding carboxylic acids is 1.